The Morgan fingerprint density at radius 3 is 2.56 bits per heavy atom. The first-order valence-corrected chi connectivity index (χ1v) is 11.0. The van der Waals surface area contributed by atoms with E-state index in [1.165, 1.54) is 5.56 Å². The Labute approximate surface area is 167 Å². The predicted molar refractivity (Wildman–Crippen MR) is 112 cm³/mol. The van der Waals surface area contributed by atoms with E-state index in [4.69, 9.17) is 4.74 Å². The van der Waals surface area contributed by atoms with Crippen molar-refractivity contribution in [1.82, 2.24) is 4.90 Å². The van der Waals surface area contributed by atoms with Crippen LogP contribution in [0.1, 0.15) is 52.5 Å². The first-order valence-electron chi connectivity index (χ1n) is 9.92. The summed E-state index contributed by atoms with van der Waals surface area (Å²) in [6.07, 6.45) is 3.63. The molecule has 1 aromatic rings. The highest BCUT2D eigenvalue weighted by Crippen LogP contribution is 2.34. The van der Waals surface area contributed by atoms with Crippen molar-refractivity contribution in [2.45, 2.75) is 64.8 Å². The maximum absolute atomic E-state index is 13.0. The van der Waals surface area contributed by atoms with Crippen molar-refractivity contribution in [1.29, 1.82) is 0 Å². The zero-order chi connectivity index (χ0) is 19.8. The lowest BCUT2D eigenvalue weighted by Gasteiger charge is -2.29. The highest BCUT2D eigenvalue weighted by atomic mass is 32.2. The average Bonchev–Trinajstić information content (AvgIpc) is 3.05. The molecule has 1 fully saturated rings. The molecule has 6 heteroatoms. The van der Waals surface area contributed by atoms with Gasteiger partial charge >= 0.3 is 12.0 Å². The lowest BCUT2D eigenvalue weighted by molar-refractivity contribution is -0.148. The summed E-state index contributed by atoms with van der Waals surface area (Å²) >= 11 is 1.66. The molecule has 1 aromatic carbocycles. The minimum Gasteiger partial charge on any atom is -0.464 e. The highest BCUT2D eigenvalue weighted by molar-refractivity contribution is 8.00. The molecule has 1 heterocycles. The van der Waals surface area contributed by atoms with Gasteiger partial charge in [-0.05, 0) is 42.9 Å². The third kappa shape index (κ3) is 6.16. The molecule has 1 saturated heterocycles. The molecular formula is C21H32N2O3S. The number of hydrogen-bond donors (Lipinski definition) is 1. The van der Waals surface area contributed by atoms with Crippen LogP contribution in [0, 0.1) is 5.92 Å². The van der Waals surface area contributed by atoms with Crippen LogP contribution in [0.15, 0.2) is 24.3 Å². The number of urea groups is 1. The maximum Gasteiger partial charge on any atom is 0.329 e. The molecule has 2 atom stereocenters. The van der Waals surface area contributed by atoms with Gasteiger partial charge in [-0.2, -0.15) is 0 Å². The molecule has 0 unspecified atom stereocenters. The van der Waals surface area contributed by atoms with Crippen molar-refractivity contribution in [2.24, 2.45) is 5.92 Å². The molecule has 0 aromatic heterocycles. The third-order valence-electron chi connectivity index (χ3n) is 4.63. The molecule has 1 aliphatic heterocycles. The molecule has 0 saturated carbocycles. The number of ether oxygens (including phenoxy) is 1. The van der Waals surface area contributed by atoms with Crippen molar-refractivity contribution >= 4 is 29.4 Å². The molecule has 2 amide bonds. The van der Waals surface area contributed by atoms with Gasteiger partial charge in [-0.3, -0.25) is 4.90 Å². The Hall–Kier alpha value is -1.69. The van der Waals surface area contributed by atoms with Gasteiger partial charge < -0.3 is 10.1 Å². The van der Waals surface area contributed by atoms with E-state index in [0.29, 0.717) is 18.3 Å². The standard InChI is InChI=1S/C21H32N2O3S/c1-5-7-12-26-20(24)18-14-27-19(13-15(3)4)23(18)21(25)22-17-10-8-16(6-2)9-11-17/h8-11,15,18-19H,5-7,12-14H2,1-4H3,(H,22,25)/t18-,19+/m0/s1. The first kappa shape index (κ1) is 21.6. The second-order valence-electron chi connectivity index (χ2n) is 7.34. The predicted octanol–water partition coefficient (Wildman–Crippen LogP) is 4.91. The van der Waals surface area contributed by atoms with Gasteiger partial charge in [-0.25, -0.2) is 9.59 Å². The second kappa shape index (κ2) is 10.6. The quantitative estimate of drug-likeness (QED) is 0.504. The van der Waals surface area contributed by atoms with Gasteiger partial charge in [0.1, 0.15) is 6.04 Å². The Morgan fingerprint density at radius 2 is 1.96 bits per heavy atom. The highest BCUT2D eigenvalue weighted by Gasteiger charge is 2.42. The topological polar surface area (TPSA) is 58.6 Å². The smallest absolute Gasteiger partial charge is 0.329 e. The molecule has 0 bridgehead atoms. The van der Waals surface area contributed by atoms with E-state index in [0.717, 1.165) is 31.4 Å². The van der Waals surface area contributed by atoms with Crippen LogP contribution in [0.4, 0.5) is 10.5 Å². The zero-order valence-electron chi connectivity index (χ0n) is 16.9. The van der Waals surface area contributed by atoms with E-state index in [1.807, 2.05) is 24.3 Å². The lowest BCUT2D eigenvalue weighted by Crippen LogP contribution is -2.48. The minimum atomic E-state index is -0.523. The van der Waals surface area contributed by atoms with Crippen LogP contribution in [0.3, 0.4) is 0 Å². The number of nitrogens with one attached hydrogen (secondary N) is 1. The summed E-state index contributed by atoms with van der Waals surface area (Å²) in [5.41, 5.74) is 1.97. The van der Waals surface area contributed by atoms with Crippen LogP contribution >= 0.6 is 11.8 Å². The van der Waals surface area contributed by atoms with Crippen molar-refractivity contribution in [3.8, 4) is 0 Å². The maximum atomic E-state index is 13.0. The molecule has 0 aliphatic carbocycles. The van der Waals surface area contributed by atoms with Crippen LogP contribution in [0.5, 0.6) is 0 Å². The molecule has 27 heavy (non-hydrogen) atoms. The van der Waals surface area contributed by atoms with Gasteiger partial charge in [-0.1, -0.05) is 46.2 Å². The summed E-state index contributed by atoms with van der Waals surface area (Å²) in [6.45, 7) is 8.83. The molecule has 1 aliphatic rings. The van der Waals surface area contributed by atoms with Gasteiger partial charge in [-0.15, -0.1) is 11.8 Å². The van der Waals surface area contributed by atoms with Crippen LogP contribution in [-0.4, -0.2) is 40.7 Å². The summed E-state index contributed by atoms with van der Waals surface area (Å²) in [4.78, 5) is 27.2. The summed E-state index contributed by atoms with van der Waals surface area (Å²) in [5.74, 6) is 0.736. The third-order valence-corrected chi connectivity index (χ3v) is 5.94. The van der Waals surface area contributed by atoms with Crippen LogP contribution in [0.25, 0.3) is 0 Å². The summed E-state index contributed by atoms with van der Waals surface area (Å²) in [7, 11) is 0. The molecular weight excluding hydrogens is 360 g/mol. The van der Waals surface area contributed by atoms with E-state index in [2.05, 4.69) is 33.0 Å². The molecule has 5 nitrogen and oxygen atoms in total. The number of esters is 1. The summed E-state index contributed by atoms with van der Waals surface area (Å²) in [6, 6.07) is 7.09. The first-order chi connectivity index (χ1) is 13.0. The van der Waals surface area contributed by atoms with Crippen molar-refractivity contribution in [2.75, 3.05) is 17.7 Å². The Kier molecular flexibility index (Phi) is 8.48. The summed E-state index contributed by atoms with van der Waals surface area (Å²) < 4.78 is 5.41. The monoisotopic (exact) mass is 392 g/mol. The fraction of sp³-hybridized carbons (Fsp3) is 0.619. The Balaban J connectivity index is 2.10. The molecule has 2 rings (SSSR count). The van der Waals surface area contributed by atoms with Gasteiger partial charge in [0.25, 0.3) is 0 Å². The van der Waals surface area contributed by atoms with Crippen molar-refractivity contribution < 1.29 is 14.3 Å². The number of benzene rings is 1. The summed E-state index contributed by atoms with van der Waals surface area (Å²) in [5, 5.41) is 2.95. The number of hydrogen-bond acceptors (Lipinski definition) is 4. The molecule has 150 valence electrons. The van der Waals surface area contributed by atoms with Crippen LogP contribution < -0.4 is 5.32 Å². The van der Waals surface area contributed by atoms with E-state index in [1.54, 1.807) is 16.7 Å². The van der Waals surface area contributed by atoms with Crippen LogP contribution in [-0.2, 0) is 16.0 Å². The molecule has 0 spiro atoms. The van der Waals surface area contributed by atoms with Crippen LogP contribution in [0.2, 0.25) is 0 Å². The van der Waals surface area contributed by atoms with Gasteiger partial charge in [0.15, 0.2) is 0 Å². The van der Waals surface area contributed by atoms with Crippen molar-refractivity contribution in [3.05, 3.63) is 29.8 Å². The largest absolute Gasteiger partial charge is 0.464 e. The number of aryl methyl sites for hydroxylation is 1. The fourth-order valence-electron chi connectivity index (χ4n) is 3.03. The fourth-order valence-corrected chi connectivity index (χ4v) is 4.65. The number of anilines is 1. The second-order valence-corrected chi connectivity index (χ2v) is 8.55. The van der Waals surface area contributed by atoms with E-state index < -0.39 is 6.04 Å². The van der Waals surface area contributed by atoms with Gasteiger partial charge in [0, 0.05) is 11.4 Å². The SMILES string of the molecule is CCCCOC(=O)[C@@H]1CS[C@H](CC(C)C)N1C(=O)Nc1ccc(CC)cc1. The number of amides is 2. The number of carbonyl (C=O) groups excluding carboxylic acids is 2. The Bertz CT molecular complexity index is 618. The average molecular weight is 393 g/mol. The lowest BCUT2D eigenvalue weighted by atomic mass is 10.1. The number of nitrogens with zero attached hydrogens (tertiary/aromatic N) is 1. The normalized spacial score (nSPS) is 19.4. The van der Waals surface area contributed by atoms with Gasteiger partial charge in [0.05, 0.1) is 12.0 Å². The minimum absolute atomic E-state index is 0.0105. The van der Waals surface area contributed by atoms with Gasteiger partial charge in [0.2, 0.25) is 0 Å². The molecule has 0 radical (unpaired) electrons. The number of thioether (sulfide) groups is 1. The van der Waals surface area contributed by atoms with E-state index in [9.17, 15) is 9.59 Å². The molecule has 1 N–H and O–H groups in total. The number of carbonyl (C=O) groups is 2. The zero-order valence-corrected chi connectivity index (χ0v) is 17.7. The van der Waals surface area contributed by atoms with E-state index >= 15 is 0 Å². The Morgan fingerprint density at radius 1 is 1.26 bits per heavy atom. The number of rotatable bonds is 8. The van der Waals surface area contributed by atoms with Crippen molar-refractivity contribution in [3.63, 3.8) is 0 Å². The van der Waals surface area contributed by atoms with E-state index in [-0.39, 0.29) is 17.4 Å². The number of unbranched alkanes of at least 4 members (excludes halogenated alkanes) is 1.